The molecule has 2 aromatic heterocycles. The van der Waals surface area contributed by atoms with Crippen LogP contribution in [0.4, 0.5) is 0 Å². The van der Waals surface area contributed by atoms with Gasteiger partial charge in [-0.25, -0.2) is 9.97 Å². The number of fused-ring (bicyclic) bond motifs is 7. The molecule has 0 aliphatic carbocycles. The normalized spacial score (nSPS) is 11.8. The molecule has 11 rings (SSSR count). The van der Waals surface area contributed by atoms with E-state index in [1.807, 2.05) is 24.5 Å². The lowest BCUT2D eigenvalue weighted by Gasteiger charge is -2.18. The zero-order valence-corrected chi connectivity index (χ0v) is 28.6. The van der Waals surface area contributed by atoms with Crippen molar-refractivity contribution < 1.29 is 4.42 Å². The lowest BCUT2D eigenvalue weighted by atomic mass is 9.85. The van der Waals surface area contributed by atoms with E-state index in [1.54, 1.807) is 0 Å². The van der Waals surface area contributed by atoms with Crippen molar-refractivity contribution in [1.29, 1.82) is 0 Å². The predicted octanol–water partition coefficient (Wildman–Crippen LogP) is 13.7. The van der Waals surface area contributed by atoms with Crippen molar-refractivity contribution in [1.82, 2.24) is 9.97 Å². The van der Waals surface area contributed by atoms with E-state index < -0.39 is 0 Å². The first-order valence-corrected chi connectivity index (χ1v) is 18.0. The van der Waals surface area contributed by atoms with Crippen LogP contribution >= 0.6 is 0 Å². The van der Waals surface area contributed by atoms with Gasteiger partial charge in [0.25, 0.3) is 0 Å². The average molecular weight is 675 g/mol. The van der Waals surface area contributed by atoms with Crippen LogP contribution in [-0.2, 0) is 0 Å². The third-order valence-corrected chi connectivity index (χ3v) is 10.7. The van der Waals surface area contributed by atoms with E-state index in [1.165, 1.54) is 65.3 Å². The molecule has 0 spiro atoms. The van der Waals surface area contributed by atoms with E-state index in [2.05, 4.69) is 158 Å². The Morgan fingerprint density at radius 1 is 0.302 bits per heavy atom. The Kier molecular flexibility index (Phi) is 6.55. The largest absolute Gasteiger partial charge is 0.456 e. The van der Waals surface area contributed by atoms with Crippen LogP contribution in [0.3, 0.4) is 0 Å². The monoisotopic (exact) mass is 674 g/mol. The highest BCUT2D eigenvalue weighted by Gasteiger charge is 2.17. The molecule has 3 heteroatoms. The van der Waals surface area contributed by atoms with Gasteiger partial charge in [-0.1, -0.05) is 133 Å². The minimum absolute atomic E-state index is 0.687. The molecule has 0 amide bonds. The zero-order chi connectivity index (χ0) is 34.9. The van der Waals surface area contributed by atoms with Crippen molar-refractivity contribution in [2.24, 2.45) is 0 Å². The van der Waals surface area contributed by atoms with Gasteiger partial charge < -0.3 is 4.42 Å². The van der Waals surface area contributed by atoms with Crippen molar-refractivity contribution in [3.63, 3.8) is 0 Å². The number of aromatic nitrogens is 2. The van der Waals surface area contributed by atoms with E-state index in [-0.39, 0.29) is 0 Å². The second kappa shape index (κ2) is 11.7. The van der Waals surface area contributed by atoms with Gasteiger partial charge in [0.1, 0.15) is 11.2 Å². The summed E-state index contributed by atoms with van der Waals surface area (Å²) in [5.74, 6) is 0.687. The number of benzene rings is 9. The van der Waals surface area contributed by atoms with Crippen LogP contribution in [0.5, 0.6) is 0 Å². The molecule has 53 heavy (non-hydrogen) atoms. The van der Waals surface area contributed by atoms with E-state index in [0.717, 1.165) is 38.6 Å². The van der Waals surface area contributed by atoms with Crippen LogP contribution in [0.1, 0.15) is 0 Å². The van der Waals surface area contributed by atoms with Crippen LogP contribution in [0.15, 0.2) is 187 Å². The predicted molar refractivity (Wildman–Crippen MR) is 221 cm³/mol. The van der Waals surface area contributed by atoms with E-state index >= 15 is 0 Å². The van der Waals surface area contributed by atoms with Crippen molar-refractivity contribution in [2.75, 3.05) is 0 Å². The summed E-state index contributed by atoms with van der Waals surface area (Å²) in [7, 11) is 0. The van der Waals surface area contributed by atoms with Gasteiger partial charge in [0, 0.05) is 34.3 Å². The molecule has 246 valence electrons. The van der Waals surface area contributed by atoms with Gasteiger partial charge in [-0.15, -0.1) is 0 Å². The molecule has 0 fully saturated rings. The molecule has 0 aliphatic heterocycles. The van der Waals surface area contributed by atoms with Crippen molar-refractivity contribution in [2.45, 2.75) is 0 Å². The lowest BCUT2D eigenvalue weighted by Crippen LogP contribution is -1.92. The SMILES string of the molecule is c1ccc2cc(-c3c4ccccc4c(-c4ccc(-c5cnc(-c6ccc7oc8cc9ccccc9cc8c7c6)nc5)cc4)c4ccccc34)ccc2c1. The summed E-state index contributed by atoms with van der Waals surface area (Å²) < 4.78 is 6.22. The molecule has 0 unspecified atom stereocenters. The minimum atomic E-state index is 0.687. The van der Waals surface area contributed by atoms with Gasteiger partial charge in [0.05, 0.1) is 0 Å². The molecule has 0 bridgehead atoms. The van der Waals surface area contributed by atoms with Gasteiger partial charge in [0.2, 0.25) is 0 Å². The fourth-order valence-corrected chi connectivity index (χ4v) is 8.15. The number of nitrogens with zero attached hydrogens (tertiary/aromatic N) is 2. The fraction of sp³-hybridized carbons (Fsp3) is 0. The Bertz CT molecular complexity index is 3150. The Morgan fingerprint density at radius 2 is 0.792 bits per heavy atom. The standard InChI is InChI=1S/C50H30N2O/c1-2-10-34-25-37(22-19-31(34)9-1)49-42-15-7-5-13-40(42)48(41-14-6-8-16-43(41)49)33-20-17-32(18-21-33)39-29-51-50(52-30-39)38-23-24-46-44(27-38)45-26-35-11-3-4-12-36(35)28-47(45)53-46/h1-30H. The molecule has 2 heterocycles. The minimum Gasteiger partial charge on any atom is -0.456 e. The van der Waals surface area contributed by atoms with Crippen LogP contribution in [0.25, 0.3) is 110 Å². The van der Waals surface area contributed by atoms with E-state index in [4.69, 9.17) is 14.4 Å². The van der Waals surface area contributed by atoms with Gasteiger partial charge in [0.15, 0.2) is 5.82 Å². The van der Waals surface area contributed by atoms with Gasteiger partial charge in [-0.3, -0.25) is 0 Å². The first-order valence-electron chi connectivity index (χ1n) is 18.0. The Morgan fingerprint density at radius 3 is 1.45 bits per heavy atom. The van der Waals surface area contributed by atoms with Gasteiger partial charge in [-0.05, 0) is 107 Å². The molecular weight excluding hydrogens is 645 g/mol. The highest BCUT2D eigenvalue weighted by atomic mass is 16.3. The van der Waals surface area contributed by atoms with Gasteiger partial charge >= 0.3 is 0 Å². The average Bonchev–Trinajstić information content (AvgIpc) is 3.58. The topological polar surface area (TPSA) is 38.9 Å². The Hall–Kier alpha value is -7.10. The molecule has 0 saturated carbocycles. The molecule has 0 aliphatic rings. The van der Waals surface area contributed by atoms with Crippen molar-refractivity contribution >= 4 is 65.0 Å². The maximum Gasteiger partial charge on any atom is 0.159 e. The first kappa shape index (κ1) is 29.6. The molecule has 9 aromatic carbocycles. The summed E-state index contributed by atoms with van der Waals surface area (Å²) in [5, 5.41) is 12.0. The van der Waals surface area contributed by atoms with Crippen LogP contribution in [0, 0.1) is 0 Å². The molecule has 0 N–H and O–H groups in total. The van der Waals surface area contributed by atoms with E-state index in [9.17, 15) is 0 Å². The molecule has 0 saturated heterocycles. The van der Waals surface area contributed by atoms with Crippen LogP contribution in [-0.4, -0.2) is 9.97 Å². The second-order valence-corrected chi connectivity index (χ2v) is 13.8. The first-order chi connectivity index (χ1) is 26.2. The molecule has 0 radical (unpaired) electrons. The molecule has 3 nitrogen and oxygen atoms in total. The van der Waals surface area contributed by atoms with Gasteiger partial charge in [-0.2, -0.15) is 0 Å². The molecule has 0 atom stereocenters. The number of rotatable bonds is 4. The zero-order valence-electron chi connectivity index (χ0n) is 28.6. The maximum absolute atomic E-state index is 6.22. The lowest BCUT2D eigenvalue weighted by molar-refractivity contribution is 0.669. The smallest absolute Gasteiger partial charge is 0.159 e. The van der Waals surface area contributed by atoms with Crippen LogP contribution < -0.4 is 0 Å². The fourth-order valence-electron chi connectivity index (χ4n) is 8.15. The summed E-state index contributed by atoms with van der Waals surface area (Å²) in [6.45, 7) is 0. The third kappa shape index (κ3) is 4.82. The van der Waals surface area contributed by atoms with Crippen LogP contribution in [0.2, 0.25) is 0 Å². The molecular formula is C50H30N2O. The summed E-state index contributed by atoms with van der Waals surface area (Å²) in [5.41, 5.74) is 9.68. The third-order valence-electron chi connectivity index (χ3n) is 10.7. The second-order valence-electron chi connectivity index (χ2n) is 13.8. The van der Waals surface area contributed by atoms with E-state index in [0.29, 0.717) is 5.82 Å². The maximum atomic E-state index is 6.22. The highest BCUT2D eigenvalue weighted by molar-refractivity contribution is 6.21. The quantitative estimate of drug-likeness (QED) is 0.174. The van der Waals surface area contributed by atoms with Crippen molar-refractivity contribution in [3.8, 4) is 44.8 Å². The van der Waals surface area contributed by atoms with Crippen molar-refractivity contribution in [3.05, 3.63) is 182 Å². The Labute approximate surface area is 305 Å². The highest BCUT2D eigenvalue weighted by Crippen LogP contribution is 2.44. The Balaban J connectivity index is 0.962. The summed E-state index contributed by atoms with van der Waals surface area (Å²) in [6.07, 6.45) is 3.84. The summed E-state index contributed by atoms with van der Waals surface area (Å²) in [6, 6.07) is 60.8. The number of furan rings is 1. The number of hydrogen-bond acceptors (Lipinski definition) is 3. The number of hydrogen-bond donors (Lipinski definition) is 0. The summed E-state index contributed by atoms with van der Waals surface area (Å²) in [4.78, 5) is 9.65. The summed E-state index contributed by atoms with van der Waals surface area (Å²) >= 11 is 0. The molecule has 11 aromatic rings.